The maximum absolute atomic E-state index is 9.92. The number of aliphatic hydroxyl groups excluding tert-OH is 2. The predicted octanol–water partition coefficient (Wildman–Crippen LogP) is 1.18. The lowest BCUT2D eigenvalue weighted by atomic mass is 10.1. The second kappa shape index (κ2) is 6.42. The lowest BCUT2D eigenvalue weighted by Crippen LogP contribution is -2.51. The van der Waals surface area contributed by atoms with Gasteiger partial charge in [0.2, 0.25) is 0 Å². The van der Waals surface area contributed by atoms with Crippen molar-refractivity contribution in [2.45, 2.75) is 32.5 Å². The minimum atomic E-state index is -0.286. The summed E-state index contributed by atoms with van der Waals surface area (Å²) in [5.41, 5.74) is 3.28. The van der Waals surface area contributed by atoms with Gasteiger partial charge in [-0.3, -0.25) is 0 Å². The van der Waals surface area contributed by atoms with E-state index < -0.39 is 0 Å². The SMILES string of the molecule is Cc1nc(N2CC(O)C2)cc(-n2ncc3cc(C)c(N4CC[C@@H](O)C4)cc32)n1. The lowest BCUT2D eigenvalue weighted by Gasteiger charge is -2.36. The molecule has 0 saturated carbocycles. The smallest absolute Gasteiger partial charge is 0.159 e. The van der Waals surface area contributed by atoms with Gasteiger partial charge in [-0.2, -0.15) is 5.10 Å². The number of anilines is 2. The molecule has 0 aliphatic carbocycles. The van der Waals surface area contributed by atoms with E-state index in [-0.39, 0.29) is 12.2 Å². The van der Waals surface area contributed by atoms with E-state index in [1.165, 1.54) is 5.56 Å². The van der Waals surface area contributed by atoms with Crippen LogP contribution < -0.4 is 9.80 Å². The van der Waals surface area contributed by atoms with E-state index in [2.05, 4.69) is 39.0 Å². The predicted molar refractivity (Wildman–Crippen MR) is 107 cm³/mol. The van der Waals surface area contributed by atoms with Crippen molar-refractivity contribution in [1.82, 2.24) is 19.7 Å². The first-order valence-electron chi connectivity index (χ1n) is 9.68. The molecule has 2 aromatic heterocycles. The standard InChI is InChI=1S/C20H24N6O2/c1-12-5-14-8-21-26(18(14)6-17(12)24-4-3-15(27)9-24)20-7-19(22-13(2)23-20)25-10-16(28)11-25/h5-8,15-16,27-28H,3-4,9-11H2,1-2H3/t15-/m1/s1. The van der Waals surface area contributed by atoms with Crippen molar-refractivity contribution in [2.75, 3.05) is 36.0 Å². The number of aromatic nitrogens is 4. The Hall–Kier alpha value is -2.71. The minimum Gasteiger partial charge on any atom is -0.391 e. The van der Waals surface area contributed by atoms with Crippen molar-refractivity contribution < 1.29 is 10.2 Å². The zero-order chi connectivity index (χ0) is 19.4. The van der Waals surface area contributed by atoms with Gasteiger partial charge in [-0.1, -0.05) is 0 Å². The Balaban J connectivity index is 1.58. The highest BCUT2D eigenvalue weighted by molar-refractivity contribution is 5.85. The van der Waals surface area contributed by atoms with Crippen LogP contribution in [0.15, 0.2) is 24.4 Å². The highest BCUT2D eigenvalue weighted by Crippen LogP contribution is 2.31. The Morgan fingerprint density at radius 2 is 1.68 bits per heavy atom. The van der Waals surface area contributed by atoms with Gasteiger partial charge in [0, 0.05) is 43.3 Å². The number of aliphatic hydroxyl groups is 2. The molecule has 2 aliphatic rings. The van der Waals surface area contributed by atoms with Crippen LogP contribution in [0.4, 0.5) is 11.5 Å². The summed E-state index contributed by atoms with van der Waals surface area (Å²) < 4.78 is 1.85. The molecule has 2 N–H and O–H groups in total. The first-order chi connectivity index (χ1) is 13.5. The largest absolute Gasteiger partial charge is 0.391 e. The van der Waals surface area contributed by atoms with Crippen molar-refractivity contribution >= 4 is 22.4 Å². The number of hydrogen-bond acceptors (Lipinski definition) is 7. The number of rotatable bonds is 3. The van der Waals surface area contributed by atoms with Gasteiger partial charge >= 0.3 is 0 Å². The molecule has 1 atom stereocenters. The zero-order valence-electron chi connectivity index (χ0n) is 16.1. The first-order valence-corrected chi connectivity index (χ1v) is 9.68. The van der Waals surface area contributed by atoms with Crippen LogP contribution >= 0.6 is 0 Å². The molecule has 8 nitrogen and oxygen atoms in total. The van der Waals surface area contributed by atoms with Crippen molar-refractivity contribution in [2.24, 2.45) is 0 Å². The molecule has 0 unspecified atom stereocenters. The Morgan fingerprint density at radius 3 is 2.39 bits per heavy atom. The van der Waals surface area contributed by atoms with E-state index in [1.54, 1.807) is 0 Å². The second-order valence-electron chi connectivity index (χ2n) is 7.83. The summed E-state index contributed by atoms with van der Waals surface area (Å²) in [6.07, 6.45) is 2.10. The van der Waals surface area contributed by atoms with E-state index in [0.29, 0.717) is 25.5 Å². The summed E-state index contributed by atoms with van der Waals surface area (Å²) in [6, 6.07) is 6.20. The van der Waals surface area contributed by atoms with Gasteiger partial charge in [0.25, 0.3) is 0 Å². The van der Waals surface area contributed by atoms with Crippen molar-refractivity contribution in [1.29, 1.82) is 0 Å². The third-order valence-electron chi connectivity index (χ3n) is 5.60. The monoisotopic (exact) mass is 380 g/mol. The molecule has 5 rings (SSSR count). The van der Waals surface area contributed by atoms with E-state index in [1.807, 2.05) is 28.8 Å². The van der Waals surface area contributed by atoms with Crippen LogP contribution in [-0.2, 0) is 0 Å². The highest BCUT2D eigenvalue weighted by Gasteiger charge is 2.27. The fourth-order valence-electron chi connectivity index (χ4n) is 4.11. The van der Waals surface area contributed by atoms with Crippen LogP contribution in [0.25, 0.3) is 16.7 Å². The number of aryl methyl sites for hydroxylation is 2. The van der Waals surface area contributed by atoms with Gasteiger partial charge < -0.3 is 20.0 Å². The molecule has 4 heterocycles. The molecule has 2 fully saturated rings. The molecule has 0 bridgehead atoms. The number of β-amino-alcohol motifs (C(OH)–C–C–N with tert-alkyl or cyclic N) is 2. The quantitative estimate of drug-likeness (QED) is 0.705. The van der Waals surface area contributed by atoms with Gasteiger partial charge in [0.05, 0.1) is 23.9 Å². The van der Waals surface area contributed by atoms with Crippen LogP contribution in [0.3, 0.4) is 0 Å². The molecule has 2 saturated heterocycles. The number of fused-ring (bicyclic) bond motifs is 1. The molecule has 28 heavy (non-hydrogen) atoms. The normalized spacial score (nSPS) is 20.2. The maximum atomic E-state index is 9.92. The highest BCUT2D eigenvalue weighted by atomic mass is 16.3. The molecule has 1 aromatic carbocycles. The Kier molecular flexibility index (Phi) is 3.99. The third kappa shape index (κ3) is 2.89. The topological polar surface area (TPSA) is 90.5 Å². The summed E-state index contributed by atoms with van der Waals surface area (Å²) >= 11 is 0. The zero-order valence-corrected chi connectivity index (χ0v) is 16.1. The van der Waals surface area contributed by atoms with Gasteiger partial charge in [-0.25, -0.2) is 14.6 Å². The van der Waals surface area contributed by atoms with Gasteiger partial charge in [-0.15, -0.1) is 0 Å². The lowest BCUT2D eigenvalue weighted by molar-refractivity contribution is 0.141. The van der Waals surface area contributed by atoms with E-state index in [4.69, 9.17) is 0 Å². The first kappa shape index (κ1) is 17.4. The number of hydrogen-bond donors (Lipinski definition) is 2. The van der Waals surface area contributed by atoms with Crippen LogP contribution in [0.2, 0.25) is 0 Å². The maximum Gasteiger partial charge on any atom is 0.159 e. The van der Waals surface area contributed by atoms with Crippen molar-refractivity contribution in [3.8, 4) is 5.82 Å². The van der Waals surface area contributed by atoms with Crippen LogP contribution in [0.1, 0.15) is 17.8 Å². The summed E-state index contributed by atoms with van der Waals surface area (Å²) in [6.45, 7) is 6.67. The third-order valence-corrected chi connectivity index (χ3v) is 5.60. The van der Waals surface area contributed by atoms with E-state index in [9.17, 15) is 10.2 Å². The molecule has 8 heteroatoms. The fraction of sp³-hybridized carbons (Fsp3) is 0.450. The molecular formula is C20H24N6O2. The van der Waals surface area contributed by atoms with Crippen LogP contribution in [-0.4, -0.2) is 68.3 Å². The molecule has 2 aliphatic heterocycles. The fourth-order valence-corrected chi connectivity index (χ4v) is 4.11. The average Bonchev–Trinajstić information content (AvgIpc) is 3.23. The number of nitrogens with zero attached hydrogens (tertiary/aromatic N) is 6. The molecule has 0 amide bonds. The minimum absolute atomic E-state index is 0.265. The molecule has 146 valence electrons. The summed E-state index contributed by atoms with van der Waals surface area (Å²) in [7, 11) is 0. The number of benzene rings is 1. The van der Waals surface area contributed by atoms with E-state index >= 15 is 0 Å². The van der Waals surface area contributed by atoms with Crippen LogP contribution in [0, 0.1) is 13.8 Å². The molecular weight excluding hydrogens is 356 g/mol. The Morgan fingerprint density at radius 1 is 0.929 bits per heavy atom. The summed E-state index contributed by atoms with van der Waals surface area (Å²) in [4.78, 5) is 13.4. The molecule has 0 spiro atoms. The van der Waals surface area contributed by atoms with Gasteiger partial charge in [-0.05, 0) is 38.0 Å². The molecule has 3 aromatic rings. The Bertz CT molecular complexity index is 1040. The van der Waals surface area contributed by atoms with Gasteiger partial charge in [0.1, 0.15) is 11.6 Å². The average molecular weight is 380 g/mol. The second-order valence-corrected chi connectivity index (χ2v) is 7.83. The van der Waals surface area contributed by atoms with Crippen molar-refractivity contribution in [3.63, 3.8) is 0 Å². The van der Waals surface area contributed by atoms with Gasteiger partial charge in [0.15, 0.2) is 5.82 Å². The Labute approximate surface area is 163 Å². The molecule has 0 radical (unpaired) electrons. The summed E-state index contributed by atoms with van der Waals surface area (Å²) in [5, 5.41) is 25.2. The summed E-state index contributed by atoms with van der Waals surface area (Å²) in [5.74, 6) is 2.20. The van der Waals surface area contributed by atoms with Crippen molar-refractivity contribution in [3.05, 3.63) is 35.8 Å². The van der Waals surface area contributed by atoms with Crippen LogP contribution in [0.5, 0.6) is 0 Å². The van der Waals surface area contributed by atoms with E-state index in [0.717, 1.165) is 41.2 Å².